The summed E-state index contributed by atoms with van der Waals surface area (Å²) in [5, 5.41) is 8.47. The maximum absolute atomic E-state index is 5.90. The van der Waals surface area contributed by atoms with Crippen molar-refractivity contribution in [2.24, 2.45) is 10.2 Å². The largest absolute Gasteiger partial charge is 0.493 e. The SMILES string of the molecule is COc1ccc(CCOc2cc(N(C)C)nc(N=NCc3cccc(C)c3)n2)cc1OC. The number of hydrogen-bond donors (Lipinski definition) is 0. The second kappa shape index (κ2) is 11.1. The van der Waals surface area contributed by atoms with Gasteiger partial charge in [-0.05, 0) is 30.2 Å². The zero-order valence-corrected chi connectivity index (χ0v) is 19.2. The summed E-state index contributed by atoms with van der Waals surface area (Å²) in [5.74, 6) is 2.81. The third-order valence-electron chi connectivity index (χ3n) is 4.72. The normalized spacial score (nSPS) is 10.9. The molecule has 0 radical (unpaired) electrons. The molecule has 0 unspecified atom stereocenters. The topological polar surface area (TPSA) is 81.4 Å². The van der Waals surface area contributed by atoms with Gasteiger partial charge in [-0.25, -0.2) is 0 Å². The first-order valence-electron chi connectivity index (χ1n) is 10.3. The molecule has 2 aromatic carbocycles. The molecule has 0 aliphatic carbocycles. The number of ether oxygens (including phenoxy) is 3. The van der Waals surface area contributed by atoms with E-state index in [1.54, 1.807) is 20.3 Å². The summed E-state index contributed by atoms with van der Waals surface area (Å²) in [6.07, 6.45) is 0.686. The lowest BCUT2D eigenvalue weighted by Crippen LogP contribution is -2.12. The second-order valence-corrected chi connectivity index (χ2v) is 7.44. The molecule has 3 rings (SSSR count). The highest BCUT2D eigenvalue weighted by Gasteiger charge is 2.09. The fourth-order valence-electron chi connectivity index (χ4n) is 3.05. The zero-order chi connectivity index (χ0) is 22.9. The van der Waals surface area contributed by atoms with Crippen LogP contribution >= 0.6 is 0 Å². The smallest absolute Gasteiger partial charge is 0.273 e. The molecular formula is C24H29N5O3. The van der Waals surface area contributed by atoms with Crippen LogP contribution in [0.4, 0.5) is 11.8 Å². The third-order valence-corrected chi connectivity index (χ3v) is 4.72. The highest BCUT2D eigenvalue weighted by Crippen LogP contribution is 2.28. The summed E-state index contributed by atoms with van der Waals surface area (Å²) in [7, 11) is 7.05. The lowest BCUT2D eigenvalue weighted by atomic mass is 10.1. The third kappa shape index (κ3) is 6.41. The van der Waals surface area contributed by atoms with Gasteiger partial charge in [0.15, 0.2) is 11.5 Å². The van der Waals surface area contributed by atoms with Crippen LogP contribution in [0, 0.1) is 6.92 Å². The minimum atomic E-state index is 0.268. The number of benzene rings is 2. The van der Waals surface area contributed by atoms with Crippen LogP contribution in [0.1, 0.15) is 16.7 Å². The van der Waals surface area contributed by atoms with Crippen molar-refractivity contribution in [2.75, 3.05) is 39.8 Å². The first kappa shape index (κ1) is 23.0. The Labute approximate surface area is 188 Å². The van der Waals surface area contributed by atoms with Crippen molar-refractivity contribution in [1.82, 2.24) is 9.97 Å². The molecule has 0 amide bonds. The van der Waals surface area contributed by atoms with E-state index < -0.39 is 0 Å². The maximum atomic E-state index is 5.90. The lowest BCUT2D eigenvalue weighted by molar-refractivity contribution is 0.308. The van der Waals surface area contributed by atoms with Gasteiger partial charge in [0.25, 0.3) is 5.95 Å². The molecule has 0 aliphatic heterocycles. The Hall–Kier alpha value is -3.68. The van der Waals surface area contributed by atoms with Gasteiger partial charge >= 0.3 is 0 Å². The minimum Gasteiger partial charge on any atom is -0.493 e. The van der Waals surface area contributed by atoms with Gasteiger partial charge in [-0.2, -0.15) is 15.1 Å². The second-order valence-electron chi connectivity index (χ2n) is 7.44. The van der Waals surface area contributed by atoms with Crippen LogP contribution in [-0.4, -0.2) is 44.9 Å². The molecule has 0 spiro atoms. The molecule has 0 bridgehead atoms. The molecule has 0 fully saturated rings. The predicted octanol–water partition coefficient (Wildman–Crippen LogP) is 4.77. The number of azo groups is 1. The summed E-state index contributed by atoms with van der Waals surface area (Å²) in [6.45, 7) is 2.96. The molecule has 0 aliphatic rings. The summed E-state index contributed by atoms with van der Waals surface area (Å²) in [6, 6.07) is 15.8. The van der Waals surface area contributed by atoms with E-state index in [0.29, 0.717) is 42.8 Å². The van der Waals surface area contributed by atoms with Gasteiger partial charge in [-0.15, -0.1) is 5.11 Å². The number of aromatic nitrogens is 2. The number of anilines is 1. The molecule has 1 aromatic heterocycles. The van der Waals surface area contributed by atoms with Crippen molar-refractivity contribution < 1.29 is 14.2 Å². The molecule has 0 saturated carbocycles. The Morgan fingerprint density at radius 3 is 2.44 bits per heavy atom. The van der Waals surface area contributed by atoms with Gasteiger partial charge in [0.2, 0.25) is 5.88 Å². The molecule has 3 aromatic rings. The molecule has 0 atom stereocenters. The Bertz CT molecular complexity index is 1070. The Morgan fingerprint density at radius 1 is 0.906 bits per heavy atom. The highest BCUT2D eigenvalue weighted by molar-refractivity contribution is 5.44. The van der Waals surface area contributed by atoms with E-state index in [1.807, 2.05) is 49.3 Å². The minimum absolute atomic E-state index is 0.268. The van der Waals surface area contributed by atoms with E-state index in [-0.39, 0.29) is 5.95 Å². The molecule has 1 heterocycles. The number of nitrogens with zero attached hydrogens (tertiary/aromatic N) is 5. The molecule has 32 heavy (non-hydrogen) atoms. The van der Waals surface area contributed by atoms with Gasteiger partial charge < -0.3 is 19.1 Å². The molecule has 8 heteroatoms. The fraction of sp³-hybridized carbons (Fsp3) is 0.333. The maximum Gasteiger partial charge on any atom is 0.273 e. The van der Waals surface area contributed by atoms with Crippen LogP contribution in [0.25, 0.3) is 0 Å². The van der Waals surface area contributed by atoms with E-state index in [9.17, 15) is 0 Å². The zero-order valence-electron chi connectivity index (χ0n) is 19.2. The van der Waals surface area contributed by atoms with Crippen LogP contribution in [0.3, 0.4) is 0 Å². The van der Waals surface area contributed by atoms with Crippen molar-refractivity contribution in [3.05, 3.63) is 65.2 Å². The average molecular weight is 436 g/mol. The van der Waals surface area contributed by atoms with Crippen molar-refractivity contribution in [2.45, 2.75) is 19.9 Å². The number of methoxy groups -OCH3 is 2. The Kier molecular flexibility index (Phi) is 7.96. The Morgan fingerprint density at radius 2 is 1.72 bits per heavy atom. The number of rotatable bonds is 10. The van der Waals surface area contributed by atoms with E-state index in [2.05, 4.69) is 39.3 Å². The molecule has 168 valence electrons. The first-order chi connectivity index (χ1) is 15.5. The number of hydrogen-bond acceptors (Lipinski definition) is 8. The van der Waals surface area contributed by atoms with Gasteiger partial charge in [0.05, 0.1) is 27.4 Å². The molecule has 0 N–H and O–H groups in total. The van der Waals surface area contributed by atoms with Crippen LogP contribution in [0.2, 0.25) is 0 Å². The van der Waals surface area contributed by atoms with Crippen molar-refractivity contribution in [1.29, 1.82) is 0 Å². The van der Waals surface area contributed by atoms with Gasteiger partial charge in [-0.1, -0.05) is 35.9 Å². The molecule has 8 nitrogen and oxygen atoms in total. The van der Waals surface area contributed by atoms with E-state index in [4.69, 9.17) is 14.2 Å². The van der Waals surface area contributed by atoms with Crippen LogP contribution in [0.15, 0.2) is 58.8 Å². The van der Waals surface area contributed by atoms with Gasteiger partial charge in [0, 0.05) is 26.6 Å². The van der Waals surface area contributed by atoms with Crippen LogP contribution < -0.4 is 19.1 Å². The standard InChI is InChI=1S/C24H29N5O3/c1-17-7-6-8-19(13-17)16-25-28-24-26-22(29(2)3)15-23(27-24)32-12-11-18-9-10-20(30-4)21(14-18)31-5/h6-10,13-15H,11-12,16H2,1-5H3. The average Bonchev–Trinajstić information content (AvgIpc) is 2.79. The van der Waals surface area contributed by atoms with Gasteiger partial charge in [-0.3, -0.25) is 0 Å². The van der Waals surface area contributed by atoms with Gasteiger partial charge in [0.1, 0.15) is 5.82 Å². The first-order valence-corrected chi connectivity index (χ1v) is 10.3. The summed E-state index contributed by atoms with van der Waals surface area (Å²) >= 11 is 0. The van der Waals surface area contributed by atoms with E-state index in [0.717, 1.165) is 11.1 Å². The monoisotopic (exact) mass is 435 g/mol. The van der Waals surface area contributed by atoms with Crippen LogP contribution in [0.5, 0.6) is 17.4 Å². The highest BCUT2D eigenvalue weighted by atomic mass is 16.5. The van der Waals surface area contributed by atoms with Crippen molar-refractivity contribution in [3.8, 4) is 17.4 Å². The summed E-state index contributed by atoms with van der Waals surface area (Å²) < 4.78 is 16.5. The fourth-order valence-corrected chi connectivity index (χ4v) is 3.05. The van der Waals surface area contributed by atoms with Crippen molar-refractivity contribution >= 4 is 11.8 Å². The van der Waals surface area contributed by atoms with E-state index >= 15 is 0 Å². The van der Waals surface area contributed by atoms with Crippen LogP contribution in [-0.2, 0) is 13.0 Å². The molecule has 0 saturated heterocycles. The summed E-state index contributed by atoms with van der Waals surface area (Å²) in [5.41, 5.74) is 3.35. The number of aryl methyl sites for hydroxylation is 1. The van der Waals surface area contributed by atoms with E-state index in [1.165, 1.54) is 5.56 Å². The Balaban J connectivity index is 1.67. The lowest BCUT2D eigenvalue weighted by Gasteiger charge is -2.13. The van der Waals surface area contributed by atoms with Crippen molar-refractivity contribution in [3.63, 3.8) is 0 Å². The quantitative estimate of drug-likeness (QED) is 0.427. The molecular weight excluding hydrogens is 406 g/mol. The predicted molar refractivity (Wildman–Crippen MR) is 125 cm³/mol. The summed E-state index contributed by atoms with van der Waals surface area (Å²) in [4.78, 5) is 10.7.